The number of aryl methyl sites for hydroxylation is 1. The Morgan fingerprint density at radius 1 is 1.39 bits per heavy atom. The number of aromatic nitrogens is 2. The van der Waals surface area contributed by atoms with Crippen LogP contribution < -0.4 is 5.73 Å². The molecule has 0 aliphatic heterocycles. The zero-order valence-electron chi connectivity index (χ0n) is 11.1. The number of likely N-dealkylation sites (N-methyl/N-ethyl adjacent to an activating group) is 2. The van der Waals surface area contributed by atoms with Gasteiger partial charge in [0.25, 0.3) is 5.91 Å². The number of anilines is 1. The second-order valence-electron chi connectivity index (χ2n) is 4.22. The number of nitrogen functional groups attached to an aromatic ring is 1. The number of amides is 2. The highest BCUT2D eigenvalue weighted by Gasteiger charge is 2.23. The molecule has 0 radical (unpaired) electrons. The van der Waals surface area contributed by atoms with E-state index in [1.54, 1.807) is 27.9 Å². The van der Waals surface area contributed by atoms with Gasteiger partial charge in [0.1, 0.15) is 6.54 Å². The number of hydrogen-bond donors (Lipinski definition) is 2. The van der Waals surface area contributed by atoms with E-state index in [1.165, 1.54) is 9.80 Å². The van der Waals surface area contributed by atoms with E-state index >= 15 is 0 Å². The Morgan fingerprint density at radius 2 is 2.00 bits per heavy atom. The Bertz CT molecular complexity index is 452. The van der Waals surface area contributed by atoms with Gasteiger partial charge in [-0.2, -0.15) is 5.10 Å². The van der Waals surface area contributed by atoms with Crippen LogP contribution in [0.3, 0.4) is 0 Å². The zero-order valence-corrected chi connectivity index (χ0v) is 11.1. The molecule has 1 heterocycles. The number of carbonyl (C=O) groups is 2. The predicted octanol–water partition coefficient (Wildman–Crippen LogP) is -0.149. The summed E-state index contributed by atoms with van der Waals surface area (Å²) in [5.41, 5.74) is 6.89. The van der Waals surface area contributed by atoms with Gasteiger partial charge < -0.3 is 15.5 Å². The van der Waals surface area contributed by atoms with E-state index in [4.69, 9.17) is 5.73 Å². The van der Waals surface area contributed by atoms with Crippen LogP contribution >= 0.6 is 0 Å². The molecule has 0 aliphatic carbocycles. The number of hydrogen-bond acceptors (Lipinski definition) is 4. The summed E-state index contributed by atoms with van der Waals surface area (Å²) < 4.78 is 0. The van der Waals surface area contributed by atoms with Crippen LogP contribution in [0.2, 0.25) is 0 Å². The first kappa shape index (κ1) is 14.0. The van der Waals surface area contributed by atoms with E-state index in [9.17, 15) is 9.59 Å². The fourth-order valence-electron chi connectivity index (χ4n) is 1.38. The van der Waals surface area contributed by atoms with E-state index in [2.05, 4.69) is 10.2 Å². The van der Waals surface area contributed by atoms with Gasteiger partial charge in [0.15, 0.2) is 5.69 Å². The first-order chi connectivity index (χ1) is 8.38. The smallest absolute Gasteiger partial charge is 0.276 e. The molecule has 7 heteroatoms. The maximum absolute atomic E-state index is 12.2. The van der Waals surface area contributed by atoms with Crippen LogP contribution in [-0.2, 0) is 4.79 Å². The van der Waals surface area contributed by atoms with Crippen molar-refractivity contribution in [3.63, 3.8) is 0 Å². The van der Waals surface area contributed by atoms with Crippen LogP contribution in [0.5, 0.6) is 0 Å². The average molecular weight is 253 g/mol. The fraction of sp³-hybridized carbons (Fsp3) is 0.545. The minimum atomic E-state index is -0.338. The average Bonchev–Trinajstić information content (AvgIpc) is 2.65. The third-order valence-corrected chi connectivity index (χ3v) is 2.69. The Hall–Kier alpha value is -2.05. The third kappa shape index (κ3) is 2.79. The van der Waals surface area contributed by atoms with Gasteiger partial charge >= 0.3 is 0 Å². The van der Waals surface area contributed by atoms with Crippen molar-refractivity contribution < 1.29 is 9.59 Å². The summed E-state index contributed by atoms with van der Waals surface area (Å²) in [6.45, 7) is 3.98. The highest BCUT2D eigenvalue weighted by Crippen LogP contribution is 2.14. The van der Waals surface area contributed by atoms with Gasteiger partial charge in [-0.3, -0.25) is 14.7 Å². The molecule has 0 fully saturated rings. The van der Waals surface area contributed by atoms with Crippen LogP contribution in [-0.4, -0.2) is 59.0 Å². The first-order valence-corrected chi connectivity index (χ1v) is 5.68. The second kappa shape index (κ2) is 5.52. The molecule has 1 aromatic heterocycles. The number of H-pyrrole nitrogens is 1. The second-order valence-corrected chi connectivity index (χ2v) is 4.22. The lowest BCUT2D eigenvalue weighted by Gasteiger charge is -2.21. The molecular formula is C11H19N5O2. The number of nitrogens with one attached hydrogen (secondary N) is 1. The van der Waals surface area contributed by atoms with Crippen molar-refractivity contribution >= 4 is 17.5 Å². The van der Waals surface area contributed by atoms with Crippen molar-refractivity contribution in [2.24, 2.45) is 0 Å². The number of nitrogens with zero attached hydrogens (tertiary/aromatic N) is 3. The molecule has 18 heavy (non-hydrogen) atoms. The topological polar surface area (TPSA) is 95.3 Å². The molecule has 7 nitrogen and oxygen atoms in total. The molecule has 1 aromatic rings. The van der Waals surface area contributed by atoms with E-state index in [1.807, 2.05) is 0 Å². The molecule has 0 saturated heterocycles. The molecule has 0 bridgehead atoms. The molecule has 0 saturated carbocycles. The molecule has 0 spiro atoms. The van der Waals surface area contributed by atoms with Crippen LogP contribution in [0, 0.1) is 6.92 Å². The molecular weight excluding hydrogens is 234 g/mol. The van der Waals surface area contributed by atoms with Crippen molar-refractivity contribution in [1.82, 2.24) is 20.0 Å². The quantitative estimate of drug-likeness (QED) is 0.780. The molecule has 3 N–H and O–H groups in total. The largest absolute Gasteiger partial charge is 0.395 e. The number of aromatic amines is 1. The van der Waals surface area contributed by atoms with Gasteiger partial charge in [-0.05, 0) is 13.8 Å². The van der Waals surface area contributed by atoms with Gasteiger partial charge in [-0.15, -0.1) is 0 Å². The summed E-state index contributed by atoms with van der Waals surface area (Å²) >= 11 is 0. The normalized spacial score (nSPS) is 10.2. The lowest BCUT2D eigenvalue weighted by molar-refractivity contribution is -0.129. The van der Waals surface area contributed by atoms with Crippen molar-refractivity contribution in [3.05, 3.63) is 11.4 Å². The Balaban J connectivity index is 2.86. The lowest BCUT2D eigenvalue weighted by atomic mass is 10.2. The van der Waals surface area contributed by atoms with Gasteiger partial charge in [-0.25, -0.2) is 0 Å². The standard InChI is InChI=1S/C11H19N5O2/c1-5-16(6-8(17)15(3)4)11(18)10-9(12)7(2)13-14-10/h5-6,12H2,1-4H3,(H,13,14). The molecule has 0 aromatic carbocycles. The van der Waals surface area contributed by atoms with Gasteiger partial charge in [0.05, 0.1) is 11.4 Å². The van der Waals surface area contributed by atoms with Gasteiger partial charge in [0, 0.05) is 20.6 Å². The van der Waals surface area contributed by atoms with Gasteiger partial charge in [-0.1, -0.05) is 0 Å². The maximum Gasteiger partial charge on any atom is 0.276 e. The van der Waals surface area contributed by atoms with E-state index in [0.29, 0.717) is 17.9 Å². The monoisotopic (exact) mass is 253 g/mol. The number of rotatable bonds is 4. The van der Waals surface area contributed by atoms with Gasteiger partial charge in [0.2, 0.25) is 5.91 Å². The highest BCUT2D eigenvalue weighted by atomic mass is 16.2. The summed E-state index contributed by atoms with van der Waals surface area (Å²) in [7, 11) is 3.29. The van der Waals surface area contributed by atoms with Crippen LogP contribution in [0.15, 0.2) is 0 Å². The number of carbonyl (C=O) groups excluding carboxylic acids is 2. The van der Waals surface area contributed by atoms with Crippen LogP contribution in [0.25, 0.3) is 0 Å². The highest BCUT2D eigenvalue weighted by molar-refractivity contribution is 5.99. The van der Waals surface area contributed by atoms with E-state index in [-0.39, 0.29) is 24.1 Å². The molecule has 100 valence electrons. The predicted molar refractivity (Wildman–Crippen MR) is 68.0 cm³/mol. The minimum Gasteiger partial charge on any atom is -0.395 e. The number of nitrogens with two attached hydrogens (primary N) is 1. The fourth-order valence-corrected chi connectivity index (χ4v) is 1.38. The SMILES string of the molecule is CCN(CC(=O)N(C)C)C(=O)c1n[nH]c(C)c1N. The van der Waals surface area contributed by atoms with Crippen molar-refractivity contribution in [2.75, 3.05) is 32.9 Å². The summed E-state index contributed by atoms with van der Waals surface area (Å²) in [4.78, 5) is 26.6. The van der Waals surface area contributed by atoms with E-state index in [0.717, 1.165) is 0 Å². The summed E-state index contributed by atoms with van der Waals surface area (Å²) in [6.07, 6.45) is 0. The van der Waals surface area contributed by atoms with Crippen LogP contribution in [0.4, 0.5) is 5.69 Å². The summed E-state index contributed by atoms with van der Waals surface area (Å²) in [5, 5.41) is 6.53. The first-order valence-electron chi connectivity index (χ1n) is 5.68. The maximum atomic E-state index is 12.2. The molecule has 0 atom stereocenters. The minimum absolute atomic E-state index is 0.0215. The Kier molecular flexibility index (Phi) is 4.30. The zero-order chi connectivity index (χ0) is 13.9. The van der Waals surface area contributed by atoms with Crippen molar-refractivity contribution in [1.29, 1.82) is 0 Å². The van der Waals surface area contributed by atoms with E-state index < -0.39 is 0 Å². The molecule has 1 rings (SSSR count). The molecule has 2 amide bonds. The lowest BCUT2D eigenvalue weighted by Crippen LogP contribution is -2.40. The van der Waals surface area contributed by atoms with Crippen LogP contribution in [0.1, 0.15) is 23.1 Å². The molecule has 0 aliphatic rings. The Labute approximate surface area is 106 Å². The Morgan fingerprint density at radius 3 is 2.39 bits per heavy atom. The van der Waals surface area contributed by atoms with Crippen molar-refractivity contribution in [3.8, 4) is 0 Å². The summed E-state index contributed by atoms with van der Waals surface area (Å²) in [5.74, 6) is -0.481. The molecule has 0 unspecified atom stereocenters. The van der Waals surface area contributed by atoms with Crippen molar-refractivity contribution in [2.45, 2.75) is 13.8 Å². The summed E-state index contributed by atoms with van der Waals surface area (Å²) in [6, 6.07) is 0. The third-order valence-electron chi connectivity index (χ3n) is 2.69.